The normalized spacial score (nSPS) is 25.3. The third-order valence-electron chi connectivity index (χ3n) is 8.00. The fourth-order valence-electron chi connectivity index (χ4n) is 5.93. The number of hydrogen-bond donors (Lipinski definition) is 2. The van der Waals surface area contributed by atoms with Crippen LogP contribution in [0.25, 0.3) is 0 Å². The molecule has 5 heterocycles. The molecule has 10 nitrogen and oxygen atoms in total. The van der Waals surface area contributed by atoms with Crippen LogP contribution >= 0.6 is 0 Å². The molecule has 2 N–H and O–H groups in total. The van der Waals surface area contributed by atoms with Gasteiger partial charge in [0.1, 0.15) is 11.2 Å². The van der Waals surface area contributed by atoms with Crippen LogP contribution < -0.4 is 20.4 Å². The van der Waals surface area contributed by atoms with Crippen LogP contribution in [0.3, 0.4) is 0 Å². The number of hydrogen-bond acceptors (Lipinski definition) is 8. The van der Waals surface area contributed by atoms with E-state index in [1.165, 1.54) is 0 Å². The highest BCUT2D eigenvalue weighted by Crippen LogP contribution is 2.44. The fraction of sp³-hybridized carbons (Fsp3) is 0.560. The van der Waals surface area contributed by atoms with E-state index in [-0.39, 0.29) is 17.9 Å². The van der Waals surface area contributed by atoms with Crippen molar-refractivity contribution in [2.24, 2.45) is 5.41 Å². The van der Waals surface area contributed by atoms with Gasteiger partial charge in [-0.1, -0.05) is 12.8 Å². The number of nitrogens with one attached hydrogen (secondary N) is 2. The van der Waals surface area contributed by atoms with Gasteiger partial charge in [-0.3, -0.25) is 19.5 Å². The van der Waals surface area contributed by atoms with Crippen LogP contribution in [-0.2, 0) is 16.0 Å². The number of pyridine rings is 1. The van der Waals surface area contributed by atoms with Crippen molar-refractivity contribution < 1.29 is 9.59 Å². The van der Waals surface area contributed by atoms with Gasteiger partial charge >= 0.3 is 0 Å². The van der Waals surface area contributed by atoms with Crippen LogP contribution in [0.4, 0.5) is 23.1 Å². The predicted octanol–water partition coefficient (Wildman–Crippen LogP) is 1.71. The lowest BCUT2D eigenvalue weighted by atomic mass is 9.76. The molecule has 2 aromatic heterocycles. The monoisotopic (exact) mass is 476 g/mol. The molecular weight excluding hydrogens is 444 g/mol. The Hall–Kier alpha value is -3.27. The summed E-state index contributed by atoms with van der Waals surface area (Å²) in [5.41, 5.74) is 1.72. The molecule has 0 radical (unpaired) electrons. The minimum atomic E-state index is -1.02. The Labute approximate surface area is 205 Å². The number of amides is 2. The van der Waals surface area contributed by atoms with Crippen molar-refractivity contribution in [2.75, 3.05) is 54.9 Å². The number of piperazine rings is 1. The summed E-state index contributed by atoms with van der Waals surface area (Å²) in [4.78, 5) is 46.9. The number of likely N-dealkylation sites (N-methyl/N-ethyl adjacent to an activating group) is 1. The lowest BCUT2D eigenvalue weighted by molar-refractivity contribution is -0.140. The lowest BCUT2D eigenvalue weighted by Gasteiger charge is -2.40. The average molecular weight is 477 g/mol. The van der Waals surface area contributed by atoms with E-state index in [0.29, 0.717) is 31.2 Å². The number of carbonyl (C=O) groups excluding carboxylic acids is 2. The summed E-state index contributed by atoms with van der Waals surface area (Å²) in [5.74, 6) is 0.817. The van der Waals surface area contributed by atoms with Gasteiger partial charge in [0, 0.05) is 56.9 Å². The number of nitrogens with zero attached hydrogens (tertiary/aromatic N) is 6. The Kier molecular flexibility index (Phi) is 5.55. The van der Waals surface area contributed by atoms with Crippen LogP contribution in [0, 0.1) is 5.41 Å². The first-order valence-electron chi connectivity index (χ1n) is 12.7. The maximum absolute atomic E-state index is 13.8. The number of carbonyl (C=O) groups is 2. The third-order valence-corrected chi connectivity index (χ3v) is 8.00. The second-order valence-corrected chi connectivity index (χ2v) is 10.3. The average Bonchev–Trinajstić information content (AvgIpc) is 3.52. The highest BCUT2D eigenvalue weighted by molar-refractivity contribution is 6.14. The molecule has 2 aromatic rings. The Morgan fingerprint density at radius 3 is 2.63 bits per heavy atom. The molecule has 6 rings (SSSR count). The first-order chi connectivity index (χ1) is 17.0. The zero-order chi connectivity index (χ0) is 24.0. The van der Waals surface area contributed by atoms with Gasteiger partial charge in [0.15, 0.2) is 0 Å². The predicted molar refractivity (Wildman–Crippen MR) is 133 cm³/mol. The molecule has 10 heteroatoms. The largest absolute Gasteiger partial charge is 0.368 e. The van der Waals surface area contributed by atoms with Gasteiger partial charge in [0.05, 0.1) is 23.8 Å². The highest BCUT2D eigenvalue weighted by atomic mass is 16.2. The van der Waals surface area contributed by atoms with Crippen molar-refractivity contribution in [1.29, 1.82) is 0 Å². The quantitative estimate of drug-likeness (QED) is 0.643. The van der Waals surface area contributed by atoms with E-state index >= 15 is 0 Å². The second-order valence-electron chi connectivity index (χ2n) is 10.3. The van der Waals surface area contributed by atoms with Crippen LogP contribution in [0.2, 0.25) is 0 Å². The molecular formula is C25H32N8O2. The van der Waals surface area contributed by atoms with Crippen molar-refractivity contribution >= 4 is 35.0 Å². The van der Waals surface area contributed by atoms with Gasteiger partial charge in [-0.2, -0.15) is 4.98 Å². The summed E-state index contributed by atoms with van der Waals surface area (Å²) < 4.78 is 0. The molecule has 1 aliphatic carbocycles. The van der Waals surface area contributed by atoms with Crippen molar-refractivity contribution in [3.63, 3.8) is 0 Å². The summed E-state index contributed by atoms with van der Waals surface area (Å²) >= 11 is 0. The number of rotatable bonds is 4. The van der Waals surface area contributed by atoms with Gasteiger partial charge in [-0.15, -0.1) is 0 Å². The van der Waals surface area contributed by atoms with Crippen LogP contribution in [0.15, 0.2) is 24.7 Å². The van der Waals surface area contributed by atoms with Crippen molar-refractivity contribution in [3.8, 4) is 0 Å². The van der Waals surface area contributed by atoms with Gasteiger partial charge in [0.25, 0.3) is 0 Å². The SMILES string of the molecule is CN1CCN(c2cncc(Nc3ncc4c(n3)N(C3CCCC3)C(=O)C3(CCNC3=O)C4)c2)CC1. The van der Waals surface area contributed by atoms with Gasteiger partial charge in [-0.25, -0.2) is 4.98 Å². The Morgan fingerprint density at radius 1 is 1.09 bits per heavy atom. The zero-order valence-corrected chi connectivity index (χ0v) is 20.2. The molecule has 0 bridgehead atoms. The molecule has 1 saturated carbocycles. The van der Waals surface area contributed by atoms with Crippen molar-refractivity contribution in [3.05, 3.63) is 30.2 Å². The van der Waals surface area contributed by atoms with Gasteiger partial charge < -0.3 is 20.4 Å². The third kappa shape index (κ3) is 3.89. The van der Waals surface area contributed by atoms with E-state index < -0.39 is 5.41 Å². The maximum Gasteiger partial charge on any atom is 0.244 e. The molecule has 2 saturated heterocycles. The molecule has 3 fully saturated rings. The smallest absolute Gasteiger partial charge is 0.244 e. The number of aromatic nitrogens is 3. The number of anilines is 4. The van der Waals surface area contributed by atoms with E-state index in [4.69, 9.17) is 4.98 Å². The molecule has 1 spiro atoms. The van der Waals surface area contributed by atoms with Crippen LogP contribution in [0.1, 0.15) is 37.7 Å². The Bertz CT molecular complexity index is 1140. The van der Waals surface area contributed by atoms with Crippen molar-refractivity contribution in [2.45, 2.75) is 44.6 Å². The Balaban J connectivity index is 1.30. The first-order valence-corrected chi connectivity index (χ1v) is 12.7. The van der Waals surface area contributed by atoms with Crippen LogP contribution in [0.5, 0.6) is 0 Å². The highest BCUT2D eigenvalue weighted by Gasteiger charge is 2.56. The molecule has 1 unspecified atom stereocenters. The fourth-order valence-corrected chi connectivity index (χ4v) is 5.93. The summed E-state index contributed by atoms with van der Waals surface area (Å²) in [6, 6.07) is 2.15. The van der Waals surface area contributed by atoms with Gasteiger partial charge in [0.2, 0.25) is 17.8 Å². The zero-order valence-electron chi connectivity index (χ0n) is 20.2. The standard InChI is InChI=1S/C25H32N8O2/c1-31-8-10-32(11-9-31)20-12-18(15-26-16-20)29-24-28-14-17-13-25(6-7-27-22(25)34)23(35)33(21(17)30-24)19-4-2-3-5-19/h12,14-16,19H,2-11,13H2,1H3,(H,27,34)(H,28,29,30). The first kappa shape index (κ1) is 22.2. The summed E-state index contributed by atoms with van der Waals surface area (Å²) in [7, 11) is 2.14. The Morgan fingerprint density at radius 2 is 1.89 bits per heavy atom. The molecule has 4 aliphatic rings. The molecule has 2 amide bonds. The topological polar surface area (TPSA) is 107 Å². The maximum atomic E-state index is 13.8. The lowest BCUT2D eigenvalue weighted by Crippen LogP contribution is -2.56. The number of fused-ring (bicyclic) bond motifs is 1. The summed E-state index contributed by atoms with van der Waals surface area (Å²) in [6.07, 6.45) is 10.4. The second kappa shape index (κ2) is 8.75. The molecule has 1 atom stereocenters. The van der Waals surface area contributed by atoms with E-state index in [9.17, 15) is 9.59 Å². The van der Waals surface area contributed by atoms with E-state index in [0.717, 1.165) is 68.8 Å². The molecule has 184 valence electrons. The van der Waals surface area contributed by atoms with E-state index in [1.807, 2.05) is 11.1 Å². The molecule has 35 heavy (non-hydrogen) atoms. The van der Waals surface area contributed by atoms with Crippen LogP contribution in [-0.4, -0.2) is 77.5 Å². The van der Waals surface area contributed by atoms with Crippen molar-refractivity contribution in [1.82, 2.24) is 25.2 Å². The van der Waals surface area contributed by atoms with E-state index in [2.05, 4.69) is 43.5 Å². The summed E-state index contributed by atoms with van der Waals surface area (Å²) in [5, 5.41) is 6.18. The minimum absolute atomic E-state index is 0.0804. The minimum Gasteiger partial charge on any atom is -0.368 e. The van der Waals surface area contributed by atoms with Gasteiger partial charge in [-0.05, 0) is 32.4 Å². The molecule has 0 aromatic carbocycles. The molecule has 3 aliphatic heterocycles. The summed E-state index contributed by atoms with van der Waals surface area (Å²) in [6.45, 7) is 4.51. The van der Waals surface area contributed by atoms with E-state index in [1.54, 1.807) is 12.4 Å².